The Bertz CT molecular complexity index is 467. The first kappa shape index (κ1) is 11.5. The minimum absolute atomic E-state index is 0.799. The van der Waals surface area contributed by atoms with Gasteiger partial charge in [0.2, 0.25) is 0 Å². The van der Waals surface area contributed by atoms with Gasteiger partial charge in [0.05, 0.1) is 0 Å². The summed E-state index contributed by atoms with van der Waals surface area (Å²) in [6.45, 7) is 2.36. The Labute approximate surface area is 108 Å². The molecule has 18 heavy (non-hydrogen) atoms. The highest BCUT2D eigenvalue weighted by Crippen LogP contribution is 2.19. The van der Waals surface area contributed by atoms with Gasteiger partial charge in [0.1, 0.15) is 5.82 Å². The first-order valence-electron chi connectivity index (χ1n) is 6.71. The zero-order valence-corrected chi connectivity index (χ0v) is 10.5. The molecule has 3 heteroatoms. The highest BCUT2D eigenvalue weighted by molar-refractivity contribution is 5.55. The van der Waals surface area contributed by atoms with Gasteiger partial charge in [-0.1, -0.05) is 24.3 Å². The fourth-order valence-corrected chi connectivity index (χ4v) is 2.65. The van der Waals surface area contributed by atoms with Crippen LogP contribution in [0.2, 0.25) is 0 Å². The summed E-state index contributed by atoms with van der Waals surface area (Å²) in [6, 6.07) is 8.77. The quantitative estimate of drug-likeness (QED) is 0.867. The van der Waals surface area contributed by atoms with E-state index in [1.54, 1.807) is 6.20 Å². The molecule has 1 aromatic carbocycles. The van der Waals surface area contributed by atoms with Gasteiger partial charge in [0.25, 0.3) is 0 Å². The third kappa shape index (κ3) is 2.62. The first-order chi connectivity index (χ1) is 8.92. The molecule has 2 heterocycles. The van der Waals surface area contributed by atoms with Gasteiger partial charge in [-0.25, -0.2) is 4.98 Å². The Balaban J connectivity index is 1.67. The number of imidazole rings is 1. The first-order valence-corrected chi connectivity index (χ1v) is 6.71. The summed E-state index contributed by atoms with van der Waals surface area (Å²) >= 11 is 0. The van der Waals surface area contributed by atoms with Crippen LogP contribution in [-0.4, -0.2) is 23.1 Å². The molecule has 3 nitrogen and oxygen atoms in total. The van der Waals surface area contributed by atoms with Crippen LogP contribution in [0.4, 0.5) is 0 Å². The minimum atomic E-state index is 0.799. The maximum absolute atomic E-state index is 4.27. The number of hydrogen-bond donors (Lipinski definition) is 2. The van der Waals surface area contributed by atoms with Gasteiger partial charge >= 0.3 is 0 Å². The van der Waals surface area contributed by atoms with Crippen molar-refractivity contribution in [3.63, 3.8) is 0 Å². The lowest BCUT2D eigenvalue weighted by Gasteiger charge is -2.22. The van der Waals surface area contributed by atoms with Gasteiger partial charge < -0.3 is 10.3 Å². The molecule has 0 saturated carbocycles. The minimum Gasteiger partial charge on any atom is -0.345 e. The number of aromatic amines is 1. The molecule has 0 aliphatic carbocycles. The maximum atomic E-state index is 4.27. The van der Waals surface area contributed by atoms with Crippen LogP contribution in [0.25, 0.3) is 11.4 Å². The number of rotatable bonds is 3. The van der Waals surface area contributed by atoms with E-state index in [2.05, 4.69) is 39.6 Å². The Kier molecular flexibility index (Phi) is 3.42. The molecular formula is C15H19N3. The molecule has 1 saturated heterocycles. The number of nitrogens with zero attached hydrogens (tertiary/aromatic N) is 1. The highest BCUT2D eigenvalue weighted by atomic mass is 14.9. The van der Waals surface area contributed by atoms with E-state index in [1.165, 1.54) is 37.9 Å². The van der Waals surface area contributed by atoms with Gasteiger partial charge in [-0.15, -0.1) is 0 Å². The highest BCUT2D eigenvalue weighted by Gasteiger charge is 2.13. The van der Waals surface area contributed by atoms with E-state index in [9.17, 15) is 0 Å². The van der Waals surface area contributed by atoms with Crippen LogP contribution in [0.15, 0.2) is 36.7 Å². The SMILES string of the molecule is c1c[nH]c(-c2ccc(CC3CCCNC3)cc2)n1. The molecule has 0 amide bonds. The van der Waals surface area contributed by atoms with Crippen molar-refractivity contribution in [3.8, 4) is 11.4 Å². The van der Waals surface area contributed by atoms with E-state index in [4.69, 9.17) is 0 Å². The molecule has 0 spiro atoms. The number of nitrogens with one attached hydrogen (secondary N) is 2. The molecule has 1 aromatic heterocycles. The Hall–Kier alpha value is -1.61. The molecule has 0 bridgehead atoms. The van der Waals surface area contributed by atoms with Crippen LogP contribution in [-0.2, 0) is 6.42 Å². The molecule has 2 N–H and O–H groups in total. The van der Waals surface area contributed by atoms with Gasteiger partial charge in [-0.3, -0.25) is 0 Å². The lowest BCUT2D eigenvalue weighted by Crippen LogP contribution is -2.30. The average molecular weight is 241 g/mol. The van der Waals surface area contributed by atoms with Crippen molar-refractivity contribution in [2.24, 2.45) is 5.92 Å². The number of aromatic nitrogens is 2. The number of benzene rings is 1. The van der Waals surface area contributed by atoms with Gasteiger partial charge in [0, 0.05) is 18.0 Å². The summed E-state index contributed by atoms with van der Waals surface area (Å²) < 4.78 is 0. The molecule has 3 rings (SSSR count). The standard InChI is InChI=1S/C15H19N3/c1-2-13(11-16-7-1)10-12-3-5-14(6-4-12)15-17-8-9-18-15/h3-6,8-9,13,16H,1-2,7,10-11H2,(H,17,18). The summed E-state index contributed by atoms with van der Waals surface area (Å²) in [4.78, 5) is 7.40. The molecule has 1 aliphatic heterocycles. The average Bonchev–Trinajstić information content (AvgIpc) is 2.95. The topological polar surface area (TPSA) is 40.7 Å². The molecule has 94 valence electrons. The molecule has 0 radical (unpaired) electrons. The third-order valence-corrected chi connectivity index (χ3v) is 3.65. The van der Waals surface area contributed by atoms with Crippen molar-refractivity contribution in [1.82, 2.24) is 15.3 Å². The van der Waals surface area contributed by atoms with Crippen LogP contribution in [0.3, 0.4) is 0 Å². The largest absolute Gasteiger partial charge is 0.345 e. The monoisotopic (exact) mass is 241 g/mol. The van der Waals surface area contributed by atoms with Gasteiger partial charge in [-0.2, -0.15) is 0 Å². The maximum Gasteiger partial charge on any atom is 0.137 e. The normalized spacial score (nSPS) is 19.9. The number of hydrogen-bond acceptors (Lipinski definition) is 2. The Morgan fingerprint density at radius 3 is 2.78 bits per heavy atom. The van der Waals surface area contributed by atoms with E-state index >= 15 is 0 Å². The van der Waals surface area contributed by atoms with Crippen LogP contribution in [0.5, 0.6) is 0 Å². The van der Waals surface area contributed by atoms with Crippen molar-refractivity contribution < 1.29 is 0 Å². The summed E-state index contributed by atoms with van der Waals surface area (Å²) in [5.41, 5.74) is 2.59. The predicted octanol–water partition coefficient (Wildman–Crippen LogP) is 2.62. The van der Waals surface area contributed by atoms with Crippen molar-refractivity contribution >= 4 is 0 Å². The van der Waals surface area contributed by atoms with E-state index < -0.39 is 0 Å². The van der Waals surface area contributed by atoms with Crippen molar-refractivity contribution in [3.05, 3.63) is 42.2 Å². The molecular weight excluding hydrogens is 222 g/mol. The van der Waals surface area contributed by atoms with E-state index in [0.717, 1.165) is 17.3 Å². The second-order valence-corrected chi connectivity index (χ2v) is 5.05. The molecule has 1 atom stereocenters. The second-order valence-electron chi connectivity index (χ2n) is 5.05. The summed E-state index contributed by atoms with van der Waals surface area (Å²) in [6.07, 6.45) is 7.50. The fourth-order valence-electron chi connectivity index (χ4n) is 2.65. The number of piperidine rings is 1. The van der Waals surface area contributed by atoms with Crippen LogP contribution >= 0.6 is 0 Å². The van der Waals surface area contributed by atoms with Crippen molar-refractivity contribution in [2.45, 2.75) is 19.3 Å². The molecule has 1 aliphatic rings. The van der Waals surface area contributed by atoms with E-state index in [1.807, 2.05) is 6.20 Å². The second kappa shape index (κ2) is 5.36. The summed E-state index contributed by atoms with van der Waals surface area (Å²) in [5, 5.41) is 3.47. The Morgan fingerprint density at radius 2 is 2.11 bits per heavy atom. The lowest BCUT2D eigenvalue weighted by molar-refractivity contribution is 0.376. The predicted molar refractivity (Wildman–Crippen MR) is 73.3 cm³/mol. The lowest BCUT2D eigenvalue weighted by atomic mass is 9.92. The zero-order valence-electron chi connectivity index (χ0n) is 10.5. The van der Waals surface area contributed by atoms with E-state index in [-0.39, 0.29) is 0 Å². The molecule has 1 unspecified atom stereocenters. The van der Waals surface area contributed by atoms with Crippen LogP contribution in [0.1, 0.15) is 18.4 Å². The van der Waals surface area contributed by atoms with Crippen molar-refractivity contribution in [2.75, 3.05) is 13.1 Å². The fraction of sp³-hybridized carbons (Fsp3) is 0.400. The van der Waals surface area contributed by atoms with Gasteiger partial charge in [0.15, 0.2) is 0 Å². The molecule has 1 fully saturated rings. The Morgan fingerprint density at radius 1 is 1.22 bits per heavy atom. The third-order valence-electron chi connectivity index (χ3n) is 3.65. The van der Waals surface area contributed by atoms with Crippen molar-refractivity contribution in [1.29, 1.82) is 0 Å². The summed E-state index contributed by atoms with van der Waals surface area (Å²) in [7, 11) is 0. The van der Waals surface area contributed by atoms with Gasteiger partial charge in [-0.05, 0) is 43.8 Å². The van der Waals surface area contributed by atoms with E-state index in [0.29, 0.717) is 0 Å². The van der Waals surface area contributed by atoms with Crippen LogP contribution < -0.4 is 5.32 Å². The zero-order chi connectivity index (χ0) is 12.2. The summed E-state index contributed by atoms with van der Waals surface area (Å²) in [5.74, 6) is 1.74. The smallest absolute Gasteiger partial charge is 0.137 e. The van der Waals surface area contributed by atoms with Crippen LogP contribution in [0, 0.1) is 5.92 Å². The molecule has 2 aromatic rings. The number of H-pyrrole nitrogens is 1.